The van der Waals surface area contributed by atoms with Gasteiger partial charge in [0.1, 0.15) is 0 Å². The minimum atomic E-state index is 0.1000. The number of hydrogen-bond donors (Lipinski definition) is 2. The van der Waals surface area contributed by atoms with Crippen LogP contribution in [-0.4, -0.2) is 30.0 Å². The molecule has 0 spiro atoms. The van der Waals surface area contributed by atoms with Gasteiger partial charge in [0.25, 0.3) is 0 Å². The molecule has 0 aromatic carbocycles. The lowest BCUT2D eigenvalue weighted by Gasteiger charge is -2.31. The second-order valence-electron chi connectivity index (χ2n) is 5.01. The Morgan fingerprint density at radius 2 is 2.18 bits per heavy atom. The van der Waals surface area contributed by atoms with Gasteiger partial charge in [-0.05, 0) is 38.5 Å². The zero-order valence-electron chi connectivity index (χ0n) is 11.1. The first-order valence-corrected chi connectivity index (χ1v) is 8.01. The minimum absolute atomic E-state index is 0.1000. The Morgan fingerprint density at radius 1 is 1.47 bits per heavy atom. The summed E-state index contributed by atoms with van der Waals surface area (Å²) < 4.78 is 0. The summed E-state index contributed by atoms with van der Waals surface area (Å²) in [6.45, 7) is 2.68. The fraction of sp³-hybridized carbons (Fsp3) is 0.923. The molecular formula is C13H26N2OS. The molecule has 1 aliphatic carbocycles. The van der Waals surface area contributed by atoms with Crippen LogP contribution in [0.2, 0.25) is 0 Å². The van der Waals surface area contributed by atoms with E-state index in [2.05, 4.69) is 11.6 Å². The van der Waals surface area contributed by atoms with Gasteiger partial charge in [-0.1, -0.05) is 19.8 Å². The lowest BCUT2D eigenvalue weighted by atomic mass is 9.94. The first-order valence-electron chi connectivity index (χ1n) is 6.72. The Morgan fingerprint density at radius 3 is 2.82 bits per heavy atom. The van der Waals surface area contributed by atoms with Gasteiger partial charge in [-0.3, -0.25) is 4.79 Å². The molecule has 3 unspecified atom stereocenters. The monoisotopic (exact) mass is 258 g/mol. The molecule has 3 N–H and O–H groups in total. The minimum Gasteiger partial charge on any atom is -0.352 e. The molecule has 4 heteroatoms. The second-order valence-corrected chi connectivity index (χ2v) is 6.08. The summed E-state index contributed by atoms with van der Waals surface area (Å²) in [6.07, 6.45) is 8.92. The maximum Gasteiger partial charge on any atom is 0.223 e. The Kier molecular flexibility index (Phi) is 6.97. The van der Waals surface area contributed by atoms with Crippen LogP contribution in [0.3, 0.4) is 0 Å². The molecule has 100 valence electrons. The van der Waals surface area contributed by atoms with Crippen LogP contribution in [0.4, 0.5) is 0 Å². The molecule has 0 saturated heterocycles. The van der Waals surface area contributed by atoms with E-state index >= 15 is 0 Å². The quantitative estimate of drug-likeness (QED) is 0.767. The van der Waals surface area contributed by atoms with Crippen molar-refractivity contribution in [2.45, 2.75) is 56.7 Å². The Labute approximate surface area is 109 Å². The molecule has 0 radical (unpaired) electrons. The number of nitrogens with two attached hydrogens (primary N) is 1. The topological polar surface area (TPSA) is 55.1 Å². The number of rotatable bonds is 6. The van der Waals surface area contributed by atoms with Crippen LogP contribution in [-0.2, 0) is 4.79 Å². The van der Waals surface area contributed by atoms with Crippen molar-refractivity contribution in [2.75, 3.05) is 12.8 Å². The first kappa shape index (κ1) is 14.8. The smallest absolute Gasteiger partial charge is 0.223 e. The molecule has 1 amide bonds. The van der Waals surface area contributed by atoms with Crippen LogP contribution in [0.5, 0.6) is 0 Å². The van der Waals surface area contributed by atoms with Gasteiger partial charge in [0, 0.05) is 17.2 Å². The first-order chi connectivity index (χ1) is 8.19. The fourth-order valence-electron chi connectivity index (χ4n) is 2.42. The number of thioether (sulfide) groups is 1. The molecule has 0 heterocycles. The van der Waals surface area contributed by atoms with Crippen molar-refractivity contribution in [1.82, 2.24) is 5.32 Å². The van der Waals surface area contributed by atoms with E-state index < -0.39 is 0 Å². The number of carbonyl (C=O) groups excluding carboxylic acids is 1. The third kappa shape index (κ3) is 4.88. The molecule has 0 aliphatic heterocycles. The third-order valence-corrected chi connectivity index (χ3v) is 4.79. The molecule has 0 bridgehead atoms. The molecule has 0 aromatic heterocycles. The summed E-state index contributed by atoms with van der Waals surface area (Å²) in [5.41, 5.74) is 5.47. The molecular weight excluding hydrogens is 232 g/mol. The van der Waals surface area contributed by atoms with Gasteiger partial charge in [0.05, 0.1) is 0 Å². The summed E-state index contributed by atoms with van der Waals surface area (Å²) in [5.74, 6) is 0.312. The van der Waals surface area contributed by atoms with Crippen LogP contribution in [0.25, 0.3) is 0 Å². The predicted octanol–water partition coefficient (Wildman–Crippen LogP) is 2.15. The Hall–Kier alpha value is -0.220. The van der Waals surface area contributed by atoms with Crippen LogP contribution in [0.15, 0.2) is 0 Å². The largest absolute Gasteiger partial charge is 0.352 e. The van der Waals surface area contributed by atoms with Gasteiger partial charge in [-0.25, -0.2) is 0 Å². The number of hydrogen-bond acceptors (Lipinski definition) is 3. The van der Waals surface area contributed by atoms with Gasteiger partial charge >= 0.3 is 0 Å². The number of carbonyl (C=O) groups is 1. The van der Waals surface area contributed by atoms with Crippen LogP contribution >= 0.6 is 11.8 Å². The lowest BCUT2D eigenvalue weighted by molar-refractivity contribution is -0.125. The average molecular weight is 258 g/mol. The maximum atomic E-state index is 12.0. The number of amides is 1. The summed E-state index contributed by atoms with van der Waals surface area (Å²) in [6, 6.07) is 0.381. The normalized spacial score (nSPS) is 26.5. The summed E-state index contributed by atoms with van der Waals surface area (Å²) >= 11 is 1.89. The van der Waals surface area contributed by atoms with E-state index in [-0.39, 0.29) is 11.8 Å². The number of nitrogens with one attached hydrogen (secondary N) is 1. The van der Waals surface area contributed by atoms with Crippen molar-refractivity contribution in [1.29, 1.82) is 0 Å². The Bertz CT molecular complexity index is 235. The van der Waals surface area contributed by atoms with E-state index in [9.17, 15) is 4.79 Å². The highest BCUT2D eigenvalue weighted by Gasteiger charge is 2.26. The molecule has 1 aliphatic rings. The molecule has 1 rings (SSSR count). The third-order valence-electron chi connectivity index (χ3n) is 3.62. The average Bonchev–Trinajstić information content (AvgIpc) is 2.36. The van der Waals surface area contributed by atoms with Crippen LogP contribution in [0, 0.1) is 5.92 Å². The van der Waals surface area contributed by atoms with E-state index in [1.54, 1.807) is 0 Å². The SMILES string of the molecule is CSC1CCCCC1NC(=O)C(C)CCCN. The van der Waals surface area contributed by atoms with Crippen LogP contribution in [0.1, 0.15) is 45.4 Å². The maximum absolute atomic E-state index is 12.0. The van der Waals surface area contributed by atoms with Crippen molar-refractivity contribution >= 4 is 17.7 Å². The molecule has 0 aromatic rings. The van der Waals surface area contributed by atoms with Gasteiger partial charge < -0.3 is 11.1 Å². The van der Waals surface area contributed by atoms with Crippen LogP contribution < -0.4 is 11.1 Å². The highest BCUT2D eigenvalue weighted by Crippen LogP contribution is 2.27. The van der Waals surface area contributed by atoms with Crippen molar-refractivity contribution in [3.05, 3.63) is 0 Å². The van der Waals surface area contributed by atoms with Gasteiger partial charge in [0.15, 0.2) is 0 Å². The van der Waals surface area contributed by atoms with Gasteiger partial charge in [-0.2, -0.15) is 11.8 Å². The highest BCUT2D eigenvalue weighted by atomic mass is 32.2. The Balaban J connectivity index is 2.37. The van der Waals surface area contributed by atoms with Crippen molar-refractivity contribution in [3.63, 3.8) is 0 Å². The summed E-state index contributed by atoms with van der Waals surface area (Å²) in [5, 5.41) is 3.83. The fourth-order valence-corrected chi connectivity index (χ4v) is 3.36. The van der Waals surface area contributed by atoms with E-state index in [1.807, 2.05) is 18.7 Å². The summed E-state index contributed by atoms with van der Waals surface area (Å²) in [7, 11) is 0. The van der Waals surface area contributed by atoms with E-state index in [0.717, 1.165) is 19.3 Å². The van der Waals surface area contributed by atoms with Crippen molar-refractivity contribution in [3.8, 4) is 0 Å². The standard InChI is InChI=1S/C13H26N2OS/c1-10(6-5-9-14)13(16)15-11-7-3-4-8-12(11)17-2/h10-12H,3-9,14H2,1-2H3,(H,15,16). The van der Waals surface area contributed by atoms with Crippen molar-refractivity contribution in [2.24, 2.45) is 11.7 Å². The van der Waals surface area contributed by atoms with Gasteiger partial charge in [-0.15, -0.1) is 0 Å². The van der Waals surface area contributed by atoms with E-state index in [1.165, 1.54) is 19.3 Å². The second kappa shape index (κ2) is 7.98. The molecule has 1 saturated carbocycles. The molecule has 1 fully saturated rings. The highest BCUT2D eigenvalue weighted by molar-refractivity contribution is 7.99. The lowest BCUT2D eigenvalue weighted by Crippen LogP contribution is -2.45. The zero-order chi connectivity index (χ0) is 12.7. The zero-order valence-corrected chi connectivity index (χ0v) is 11.9. The molecule has 3 atom stereocenters. The van der Waals surface area contributed by atoms with E-state index in [0.29, 0.717) is 17.8 Å². The molecule has 3 nitrogen and oxygen atoms in total. The van der Waals surface area contributed by atoms with Gasteiger partial charge in [0.2, 0.25) is 5.91 Å². The van der Waals surface area contributed by atoms with Crippen molar-refractivity contribution < 1.29 is 4.79 Å². The molecule has 17 heavy (non-hydrogen) atoms. The van der Waals surface area contributed by atoms with E-state index in [4.69, 9.17) is 5.73 Å². The predicted molar refractivity (Wildman–Crippen MR) is 75.2 cm³/mol. The summed E-state index contributed by atoms with van der Waals surface area (Å²) in [4.78, 5) is 12.0.